The van der Waals surface area contributed by atoms with Crippen molar-refractivity contribution in [2.24, 2.45) is 5.92 Å². The first kappa shape index (κ1) is 9.81. The Balaban J connectivity index is 2.03. The molecule has 0 spiro atoms. The van der Waals surface area contributed by atoms with Gasteiger partial charge < -0.3 is 9.80 Å². The third-order valence-corrected chi connectivity index (χ3v) is 3.80. The SMILES string of the molecule is CCN1CC(C2CCCC2)N(C)C1=O. The predicted molar refractivity (Wildman–Crippen MR) is 56.2 cm³/mol. The summed E-state index contributed by atoms with van der Waals surface area (Å²) in [5, 5.41) is 0. The standard InChI is InChI=1S/C11H20N2O/c1-3-13-8-10(12(2)11(13)14)9-6-4-5-7-9/h9-10H,3-8H2,1-2H3. The van der Waals surface area contributed by atoms with Crippen LogP contribution in [0.15, 0.2) is 0 Å². The molecule has 3 nitrogen and oxygen atoms in total. The van der Waals surface area contributed by atoms with Crippen LogP contribution in [0.5, 0.6) is 0 Å². The molecule has 1 saturated heterocycles. The molecule has 1 aliphatic heterocycles. The third kappa shape index (κ3) is 1.49. The fourth-order valence-corrected chi connectivity index (χ4v) is 2.86. The molecule has 1 heterocycles. The molecule has 0 aromatic heterocycles. The van der Waals surface area contributed by atoms with Gasteiger partial charge in [0, 0.05) is 20.1 Å². The molecule has 80 valence electrons. The topological polar surface area (TPSA) is 23.6 Å². The second-order valence-electron chi connectivity index (χ2n) is 4.54. The summed E-state index contributed by atoms with van der Waals surface area (Å²) in [6, 6.07) is 0.717. The number of carbonyl (C=O) groups is 1. The van der Waals surface area contributed by atoms with Crippen LogP contribution >= 0.6 is 0 Å². The van der Waals surface area contributed by atoms with Gasteiger partial charge in [-0.3, -0.25) is 0 Å². The van der Waals surface area contributed by atoms with Crippen LogP contribution in [0, 0.1) is 5.92 Å². The van der Waals surface area contributed by atoms with Crippen LogP contribution in [-0.4, -0.2) is 42.0 Å². The number of likely N-dealkylation sites (N-methyl/N-ethyl adjacent to an activating group) is 2. The molecule has 1 atom stereocenters. The molecule has 14 heavy (non-hydrogen) atoms. The number of carbonyl (C=O) groups excluding carboxylic acids is 1. The fourth-order valence-electron chi connectivity index (χ4n) is 2.86. The molecule has 2 aliphatic rings. The van der Waals surface area contributed by atoms with Crippen molar-refractivity contribution in [2.45, 2.75) is 38.6 Å². The maximum atomic E-state index is 11.8. The maximum absolute atomic E-state index is 11.8. The molecule has 3 heteroatoms. The van der Waals surface area contributed by atoms with E-state index < -0.39 is 0 Å². The quantitative estimate of drug-likeness (QED) is 0.662. The van der Waals surface area contributed by atoms with Crippen molar-refractivity contribution < 1.29 is 4.79 Å². The van der Waals surface area contributed by atoms with E-state index in [9.17, 15) is 4.79 Å². The van der Waals surface area contributed by atoms with Crippen LogP contribution in [-0.2, 0) is 0 Å². The number of urea groups is 1. The predicted octanol–water partition coefficient (Wildman–Crippen LogP) is 1.93. The van der Waals surface area contributed by atoms with Crippen LogP contribution in [0.3, 0.4) is 0 Å². The molecule has 1 unspecified atom stereocenters. The van der Waals surface area contributed by atoms with Crippen molar-refractivity contribution in [1.29, 1.82) is 0 Å². The van der Waals surface area contributed by atoms with Crippen molar-refractivity contribution in [3.05, 3.63) is 0 Å². The van der Waals surface area contributed by atoms with Gasteiger partial charge in [0.2, 0.25) is 0 Å². The van der Waals surface area contributed by atoms with Crippen molar-refractivity contribution in [3.63, 3.8) is 0 Å². The Morgan fingerprint density at radius 3 is 2.50 bits per heavy atom. The summed E-state index contributed by atoms with van der Waals surface area (Å²) in [5.41, 5.74) is 0. The van der Waals surface area contributed by atoms with Crippen molar-refractivity contribution in [3.8, 4) is 0 Å². The summed E-state index contributed by atoms with van der Waals surface area (Å²) in [6.07, 6.45) is 5.35. The van der Waals surface area contributed by atoms with Gasteiger partial charge in [-0.25, -0.2) is 4.79 Å². The Hall–Kier alpha value is -0.730. The van der Waals surface area contributed by atoms with Crippen LogP contribution in [0.1, 0.15) is 32.6 Å². The maximum Gasteiger partial charge on any atom is 0.320 e. The lowest BCUT2D eigenvalue weighted by atomic mass is 9.98. The van der Waals surface area contributed by atoms with Crippen LogP contribution < -0.4 is 0 Å². The lowest BCUT2D eigenvalue weighted by Crippen LogP contribution is -2.35. The van der Waals surface area contributed by atoms with Gasteiger partial charge in [-0.1, -0.05) is 12.8 Å². The largest absolute Gasteiger partial charge is 0.323 e. The summed E-state index contributed by atoms with van der Waals surface area (Å²) in [5.74, 6) is 0.764. The zero-order valence-corrected chi connectivity index (χ0v) is 9.20. The minimum absolute atomic E-state index is 0.226. The second kappa shape index (κ2) is 3.79. The van der Waals surface area contributed by atoms with E-state index in [1.54, 1.807) is 0 Å². The minimum atomic E-state index is 0.226. The Morgan fingerprint density at radius 2 is 2.00 bits per heavy atom. The smallest absolute Gasteiger partial charge is 0.320 e. The van der Waals surface area contributed by atoms with E-state index in [1.807, 2.05) is 16.8 Å². The molecule has 0 radical (unpaired) electrons. The van der Waals surface area contributed by atoms with E-state index in [2.05, 4.69) is 6.92 Å². The van der Waals surface area contributed by atoms with E-state index in [0.29, 0.717) is 6.04 Å². The average molecular weight is 196 g/mol. The molecule has 1 aliphatic carbocycles. The Kier molecular flexibility index (Phi) is 2.66. The summed E-state index contributed by atoms with van der Waals surface area (Å²) >= 11 is 0. The molecule has 2 amide bonds. The first-order chi connectivity index (χ1) is 6.74. The molecule has 0 bridgehead atoms. The van der Waals surface area contributed by atoms with Gasteiger partial charge in [0.25, 0.3) is 0 Å². The minimum Gasteiger partial charge on any atom is -0.323 e. The molecule has 0 N–H and O–H groups in total. The van der Waals surface area contributed by atoms with E-state index >= 15 is 0 Å². The lowest BCUT2D eigenvalue weighted by molar-refractivity contribution is 0.190. The number of hydrogen-bond donors (Lipinski definition) is 0. The van der Waals surface area contributed by atoms with E-state index in [0.717, 1.165) is 19.0 Å². The fraction of sp³-hybridized carbons (Fsp3) is 0.909. The van der Waals surface area contributed by atoms with Crippen LogP contribution in [0.25, 0.3) is 0 Å². The Bertz CT molecular complexity index is 223. The zero-order valence-electron chi connectivity index (χ0n) is 9.20. The number of rotatable bonds is 2. The molecule has 0 aromatic rings. The summed E-state index contributed by atoms with van der Waals surface area (Å²) in [6.45, 7) is 3.87. The first-order valence-corrected chi connectivity index (χ1v) is 5.75. The average Bonchev–Trinajstić information content (AvgIpc) is 2.78. The summed E-state index contributed by atoms with van der Waals surface area (Å²) < 4.78 is 0. The number of nitrogens with zero attached hydrogens (tertiary/aromatic N) is 2. The van der Waals surface area contributed by atoms with E-state index in [1.165, 1.54) is 25.7 Å². The zero-order chi connectivity index (χ0) is 10.1. The second-order valence-corrected chi connectivity index (χ2v) is 4.54. The monoisotopic (exact) mass is 196 g/mol. The van der Waals surface area contributed by atoms with Crippen molar-refractivity contribution >= 4 is 6.03 Å². The van der Waals surface area contributed by atoms with Crippen LogP contribution in [0.2, 0.25) is 0 Å². The van der Waals surface area contributed by atoms with E-state index in [4.69, 9.17) is 0 Å². The van der Waals surface area contributed by atoms with Gasteiger partial charge in [-0.05, 0) is 25.7 Å². The first-order valence-electron chi connectivity index (χ1n) is 5.75. The summed E-state index contributed by atoms with van der Waals surface area (Å²) in [4.78, 5) is 15.7. The molecular formula is C11H20N2O. The van der Waals surface area contributed by atoms with Gasteiger partial charge in [-0.15, -0.1) is 0 Å². The van der Waals surface area contributed by atoms with Gasteiger partial charge in [0.05, 0.1) is 6.04 Å². The number of amides is 2. The lowest BCUT2D eigenvalue weighted by Gasteiger charge is -2.23. The van der Waals surface area contributed by atoms with Crippen molar-refractivity contribution in [1.82, 2.24) is 9.80 Å². The normalized spacial score (nSPS) is 29.3. The highest BCUT2D eigenvalue weighted by Gasteiger charge is 2.39. The Labute approximate surface area is 86.1 Å². The molecule has 2 rings (SSSR count). The molecule has 2 fully saturated rings. The third-order valence-electron chi connectivity index (χ3n) is 3.80. The van der Waals surface area contributed by atoms with Gasteiger partial charge in [0.1, 0.15) is 0 Å². The van der Waals surface area contributed by atoms with Crippen molar-refractivity contribution in [2.75, 3.05) is 20.1 Å². The Morgan fingerprint density at radius 1 is 1.36 bits per heavy atom. The molecule has 1 saturated carbocycles. The molecule has 0 aromatic carbocycles. The van der Waals surface area contributed by atoms with E-state index in [-0.39, 0.29) is 6.03 Å². The highest BCUT2D eigenvalue weighted by Crippen LogP contribution is 2.33. The highest BCUT2D eigenvalue weighted by atomic mass is 16.2. The molecular weight excluding hydrogens is 176 g/mol. The number of hydrogen-bond acceptors (Lipinski definition) is 1. The van der Waals surface area contributed by atoms with Gasteiger partial charge >= 0.3 is 6.03 Å². The summed E-state index contributed by atoms with van der Waals surface area (Å²) in [7, 11) is 1.96. The van der Waals surface area contributed by atoms with Crippen LogP contribution in [0.4, 0.5) is 4.79 Å². The van der Waals surface area contributed by atoms with Gasteiger partial charge in [0.15, 0.2) is 0 Å². The highest BCUT2D eigenvalue weighted by molar-refractivity contribution is 5.76. The van der Waals surface area contributed by atoms with Gasteiger partial charge in [-0.2, -0.15) is 0 Å².